The lowest BCUT2D eigenvalue weighted by atomic mass is 9.84. The maximum absolute atomic E-state index is 14.0. The average Bonchev–Trinajstić information content (AvgIpc) is 3.11. The molecule has 0 aliphatic carbocycles. The number of rotatable bonds is 12. The molecule has 11 heteroatoms. The van der Waals surface area contributed by atoms with E-state index < -0.39 is 35.7 Å². The second-order valence-electron chi connectivity index (χ2n) is 11.5. The van der Waals surface area contributed by atoms with Gasteiger partial charge in [-0.3, -0.25) is 4.79 Å². The summed E-state index contributed by atoms with van der Waals surface area (Å²) in [4.78, 5) is 26.5. The lowest BCUT2D eigenvalue weighted by Gasteiger charge is -2.31. The molecule has 0 saturated carbocycles. The highest BCUT2D eigenvalue weighted by Crippen LogP contribution is 2.31. The number of nitrogens with one attached hydrogen (secondary N) is 3. The highest BCUT2D eigenvalue weighted by atomic mass is 19.4. The van der Waals surface area contributed by atoms with Gasteiger partial charge in [0.2, 0.25) is 5.91 Å². The smallest absolute Gasteiger partial charge is 0.416 e. The summed E-state index contributed by atoms with van der Waals surface area (Å²) in [5.41, 5.74) is 2.49. The Morgan fingerprint density at radius 2 is 1.46 bits per heavy atom. The molecule has 0 radical (unpaired) electrons. The van der Waals surface area contributed by atoms with Crippen LogP contribution in [0.15, 0.2) is 109 Å². The minimum atomic E-state index is -4.40. The van der Waals surface area contributed by atoms with Crippen molar-refractivity contribution in [3.8, 4) is 5.75 Å². The van der Waals surface area contributed by atoms with Crippen molar-refractivity contribution >= 4 is 17.7 Å². The third kappa shape index (κ3) is 9.36. The lowest BCUT2D eigenvalue weighted by molar-refractivity contribution is -0.137. The van der Waals surface area contributed by atoms with Crippen molar-refractivity contribution in [1.29, 1.82) is 0 Å². The fourth-order valence-corrected chi connectivity index (χ4v) is 5.74. The summed E-state index contributed by atoms with van der Waals surface area (Å²) < 4.78 is 55.4. The van der Waals surface area contributed by atoms with Gasteiger partial charge in [0.25, 0.3) is 0 Å². The molecule has 1 heterocycles. The summed E-state index contributed by atoms with van der Waals surface area (Å²) in [7, 11) is 1.26. The lowest BCUT2D eigenvalue weighted by Crippen LogP contribution is -2.48. The van der Waals surface area contributed by atoms with Gasteiger partial charge < -0.3 is 30.2 Å². The molecule has 1 aliphatic rings. The van der Waals surface area contributed by atoms with Gasteiger partial charge >= 0.3 is 12.3 Å². The Balaban J connectivity index is 1.24. The van der Waals surface area contributed by atoms with E-state index in [9.17, 15) is 22.8 Å². The van der Waals surface area contributed by atoms with Gasteiger partial charge in [0, 0.05) is 24.7 Å². The summed E-state index contributed by atoms with van der Waals surface area (Å²) in [6.45, 7) is 1.34. The maximum Gasteiger partial charge on any atom is 0.416 e. The number of ether oxygens (including phenoxy) is 3. The molecule has 1 aliphatic heterocycles. The topological polar surface area (TPSA) is 97.9 Å². The summed E-state index contributed by atoms with van der Waals surface area (Å²) in [6.07, 6.45) is -4.35. The Labute approximate surface area is 277 Å². The molecule has 48 heavy (non-hydrogen) atoms. The van der Waals surface area contributed by atoms with E-state index in [0.717, 1.165) is 28.8 Å². The van der Waals surface area contributed by atoms with Crippen molar-refractivity contribution < 1.29 is 37.0 Å². The molecule has 4 aromatic carbocycles. The van der Waals surface area contributed by atoms with E-state index in [1.807, 2.05) is 84.9 Å². The number of methoxy groups -OCH3 is 1. The molecule has 5 rings (SSSR count). The molecule has 3 atom stereocenters. The van der Waals surface area contributed by atoms with Gasteiger partial charge in [-0.25, -0.2) is 4.79 Å². The molecule has 8 nitrogen and oxygen atoms in total. The fraction of sp³-hybridized carbons (Fsp3) is 0.297. The first kappa shape index (κ1) is 34.5. The molecule has 0 spiro atoms. The van der Waals surface area contributed by atoms with Crippen molar-refractivity contribution in [3.63, 3.8) is 0 Å². The minimum absolute atomic E-state index is 0.155. The number of halogens is 3. The molecule has 0 aromatic heterocycles. The SMILES string of the molecule is COC(=O)NC(C(=O)Nc1ccccc1CC[C@@H]1CNC[C@@H](COc2ccc(C(F)(F)F)cc2)O1)C(c1ccccc1)c1ccccc1. The molecule has 1 saturated heterocycles. The van der Waals surface area contributed by atoms with Crippen molar-refractivity contribution in [1.82, 2.24) is 10.6 Å². The number of anilines is 1. The van der Waals surface area contributed by atoms with Crippen LogP contribution in [0.25, 0.3) is 0 Å². The molecular formula is C37H38F3N3O5. The van der Waals surface area contributed by atoms with Crippen LogP contribution in [-0.4, -0.2) is 57.1 Å². The number of hydrogen-bond donors (Lipinski definition) is 3. The van der Waals surface area contributed by atoms with Crippen molar-refractivity contribution in [3.05, 3.63) is 131 Å². The predicted octanol–water partition coefficient (Wildman–Crippen LogP) is 6.57. The third-order valence-corrected chi connectivity index (χ3v) is 8.15. The average molecular weight is 662 g/mol. The van der Waals surface area contributed by atoms with Crippen LogP contribution in [0.3, 0.4) is 0 Å². The number of alkyl halides is 3. The van der Waals surface area contributed by atoms with Crippen LogP contribution in [-0.2, 0) is 26.9 Å². The minimum Gasteiger partial charge on any atom is -0.491 e. The number of aryl methyl sites for hydroxylation is 1. The Kier molecular flexibility index (Phi) is 11.7. The molecule has 1 unspecified atom stereocenters. The Morgan fingerprint density at radius 1 is 0.854 bits per heavy atom. The number of amides is 2. The number of morpholine rings is 1. The van der Waals surface area contributed by atoms with Crippen LogP contribution in [0.2, 0.25) is 0 Å². The molecule has 3 N–H and O–H groups in total. The molecule has 2 amide bonds. The monoisotopic (exact) mass is 661 g/mol. The highest BCUT2D eigenvalue weighted by molar-refractivity contribution is 5.98. The van der Waals surface area contributed by atoms with Gasteiger partial charge in [0.05, 0.1) is 18.8 Å². The molecule has 4 aromatic rings. The van der Waals surface area contributed by atoms with E-state index in [1.54, 1.807) is 0 Å². The van der Waals surface area contributed by atoms with E-state index in [2.05, 4.69) is 16.0 Å². The van der Waals surface area contributed by atoms with Gasteiger partial charge in [0.15, 0.2) is 0 Å². The van der Waals surface area contributed by atoms with Crippen LogP contribution in [0, 0.1) is 0 Å². The van der Waals surface area contributed by atoms with Crippen molar-refractivity contribution in [2.24, 2.45) is 0 Å². The summed E-state index contributed by atoms with van der Waals surface area (Å²) in [6, 6.07) is 30.1. The van der Waals surface area contributed by atoms with E-state index >= 15 is 0 Å². The van der Waals surface area contributed by atoms with E-state index in [4.69, 9.17) is 14.2 Å². The second-order valence-corrected chi connectivity index (χ2v) is 11.5. The van der Waals surface area contributed by atoms with Crippen LogP contribution in [0.1, 0.15) is 34.6 Å². The van der Waals surface area contributed by atoms with Crippen LogP contribution in [0.5, 0.6) is 5.75 Å². The van der Waals surface area contributed by atoms with E-state index in [1.165, 1.54) is 19.2 Å². The number of hydrogen-bond acceptors (Lipinski definition) is 6. The van der Waals surface area contributed by atoms with E-state index in [-0.39, 0.29) is 18.8 Å². The maximum atomic E-state index is 14.0. The fourth-order valence-electron chi connectivity index (χ4n) is 5.74. The summed E-state index contributed by atoms with van der Waals surface area (Å²) in [5, 5.41) is 9.15. The van der Waals surface area contributed by atoms with Crippen LogP contribution >= 0.6 is 0 Å². The van der Waals surface area contributed by atoms with Gasteiger partial charge in [-0.15, -0.1) is 0 Å². The normalized spacial score (nSPS) is 16.9. The standard InChI is InChI=1S/C37H38F3N3O5/c1-46-36(45)43-34(33(26-11-4-2-5-12-26)27-13-6-3-7-14-27)35(44)42-32-15-9-8-10-25(32)16-19-30-22-41-23-31(48-30)24-47-29-20-17-28(18-21-29)37(38,39)40/h2-15,17-18,20-21,30-31,33-34,41H,16,19,22-24H2,1H3,(H,42,44)(H,43,45)/t30-,31+,34?/m1/s1. The zero-order valence-corrected chi connectivity index (χ0v) is 26.4. The largest absolute Gasteiger partial charge is 0.491 e. The van der Waals surface area contributed by atoms with Gasteiger partial charge in [-0.2, -0.15) is 13.2 Å². The molecule has 0 bridgehead atoms. The zero-order chi connectivity index (χ0) is 33.9. The summed E-state index contributed by atoms with van der Waals surface area (Å²) in [5.74, 6) is -0.566. The summed E-state index contributed by atoms with van der Waals surface area (Å²) >= 11 is 0. The number of alkyl carbamates (subject to hydrolysis) is 1. The Bertz CT molecular complexity index is 1580. The van der Waals surface area contributed by atoms with Gasteiger partial charge in [-0.05, 0) is 59.9 Å². The van der Waals surface area contributed by atoms with Crippen LogP contribution in [0.4, 0.5) is 23.7 Å². The third-order valence-electron chi connectivity index (χ3n) is 8.15. The molecular weight excluding hydrogens is 623 g/mol. The van der Waals surface area contributed by atoms with Gasteiger partial charge in [0.1, 0.15) is 24.5 Å². The first-order chi connectivity index (χ1) is 23.2. The van der Waals surface area contributed by atoms with E-state index in [0.29, 0.717) is 37.4 Å². The number of carbonyl (C=O) groups is 2. The van der Waals surface area contributed by atoms with Gasteiger partial charge in [-0.1, -0.05) is 78.9 Å². The Morgan fingerprint density at radius 3 is 2.08 bits per heavy atom. The second kappa shape index (κ2) is 16.3. The quantitative estimate of drug-likeness (QED) is 0.159. The Hall–Kier alpha value is -4.87. The predicted molar refractivity (Wildman–Crippen MR) is 176 cm³/mol. The number of carbonyl (C=O) groups excluding carboxylic acids is 2. The van der Waals surface area contributed by atoms with Crippen molar-refractivity contribution in [2.75, 3.05) is 32.1 Å². The first-order valence-corrected chi connectivity index (χ1v) is 15.7. The molecule has 252 valence electrons. The van der Waals surface area contributed by atoms with Crippen molar-refractivity contribution in [2.45, 2.75) is 43.2 Å². The number of para-hydroxylation sites is 1. The molecule has 1 fully saturated rings. The zero-order valence-electron chi connectivity index (χ0n) is 26.4. The first-order valence-electron chi connectivity index (χ1n) is 15.7. The number of benzene rings is 4. The highest BCUT2D eigenvalue weighted by Gasteiger charge is 2.33. The van der Waals surface area contributed by atoms with Crippen LogP contribution < -0.4 is 20.7 Å².